The molecule has 2 bridgehead atoms. The number of nitrogens with one attached hydrogen (secondary N) is 1. The van der Waals surface area contributed by atoms with Gasteiger partial charge in [-0.1, -0.05) is 39.0 Å². The van der Waals surface area contributed by atoms with Crippen molar-refractivity contribution in [2.45, 2.75) is 64.7 Å². The van der Waals surface area contributed by atoms with Crippen molar-refractivity contribution in [3.63, 3.8) is 0 Å². The Bertz CT molecular complexity index is 899. The summed E-state index contributed by atoms with van der Waals surface area (Å²) in [4.78, 5) is 8.22. The molecule has 0 spiro atoms. The van der Waals surface area contributed by atoms with Gasteiger partial charge < -0.3 is 14.1 Å². The minimum absolute atomic E-state index is 0.587. The van der Waals surface area contributed by atoms with Crippen molar-refractivity contribution in [1.82, 2.24) is 4.98 Å². The molecule has 1 aliphatic heterocycles. The topological polar surface area (TPSA) is 50.5 Å². The molecule has 3 heterocycles. The largest absolute Gasteiger partial charge is 0.493 e. The lowest BCUT2D eigenvalue weighted by Crippen LogP contribution is -2.06. The first-order chi connectivity index (χ1) is 14.3. The average molecular weight is 393 g/mol. The van der Waals surface area contributed by atoms with Crippen LogP contribution in [-0.2, 0) is 0 Å². The average Bonchev–Trinajstić information content (AvgIpc) is 3.47. The number of furan rings is 1. The van der Waals surface area contributed by atoms with Crippen molar-refractivity contribution in [3.05, 3.63) is 47.5 Å². The van der Waals surface area contributed by atoms with E-state index in [1.807, 2.05) is 24.4 Å². The number of ether oxygens (including phenoxy) is 1. The zero-order valence-electron chi connectivity index (χ0n) is 17.7. The number of aliphatic imine (C=N–C) groups is 1. The maximum Gasteiger partial charge on any atom is 0.171 e. The van der Waals surface area contributed by atoms with Crippen LogP contribution in [0.1, 0.15) is 70.5 Å². The molecular formula is C25H32N2O2. The molecule has 29 heavy (non-hydrogen) atoms. The van der Waals surface area contributed by atoms with Crippen LogP contribution in [0.3, 0.4) is 0 Å². The number of fused-ring (bicyclic) bond motifs is 1. The second-order valence-corrected chi connectivity index (χ2v) is 8.15. The van der Waals surface area contributed by atoms with E-state index >= 15 is 0 Å². The van der Waals surface area contributed by atoms with Gasteiger partial charge in [0.2, 0.25) is 0 Å². The molecule has 0 aromatic carbocycles. The molecule has 2 aromatic rings. The van der Waals surface area contributed by atoms with Gasteiger partial charge in [-0.15, -0.1) is 0 Å². The zero-order valence-corrected chi connectivity index (χ0v) is 17.7. The number of aromatic amines is 1. The molecule has 154 valence electrons. The number of rotatable bonds is 6. The van der Waals surface area contributed by atoms with Gasteiger partial charge in [0, 0.05) is 24.1 Å². The van der Waals surface area contributed by atoms with Gasteiger partial charge in [0.25, 0.3) is 0 Å². The Labute approximate surface area is 173 Å². The van der Waals surface area contributed by atoms with Gasteiger partial charge in [-0.25, -0.2) is 0 Å². The second kappa shape index (κ2) is 9.34. The molecule has 1 aliphatic carbocycles. The number of nitrogens with zero attached hydrogens (tertiary/aromatic N) is 1. The summed E-state index contributed by atoms with van der Waals surface area (Å²) in [5.74, 6) is 2.86. The fraction of sp³-hybridized carbons (Fsp3) is 0.480. The van der Waals surface area contributed by atoms with E-state index < -0.39 is 0 Å². The highest BCUT2D eigenvalue weighted by Crippen LogP contribution is 2.38. The zero-order chi connectivity index (χ0) is 20.1. The van der Waals surface area contributed by atoms with Gasteiger partial charge in [-0.2, -0.15) is 0 Å². The molecule has 4 heteroatoms. The fourth-order valence-electron chi connectivity index (χ4n) is 4.42. The normalized spacial score (nSPS) is 21.2. The van der Waals surface area contributed by atoms with Crippen LogP contribution in [0.5, 0.6) is 5.75 Å². The lowest BCUT2D eigenvalue weighted by atomic mass is 9.85. The highest BCUT2D eigenvalue weighted by atomic mass is 16.5. The Kier molecular flexibility index (Phi) is 6.38. The van der Waals surface area contributed by atoms with Gasteiger partial charge >= 0.3 is 0 Å². The molecule has 0 amide bonds. The van der Waals surface area contributed by atoms with Crippen molar-refractivity contribution < 1.29 is 9.15 Å². The van der Waals surface area contributed by atoms with Crippen molar-refractivity contribution in [2.24, 2.45) is 10.9 Å². The number of unbranched alkanes of at least 4 members (excludes halogenated alkanes) is 1. The van der Waals surface area contributed by atoms with Crippen LogP contribution in [-0.4, -0.2) is 17.8 Å². The third-order valence-electron chi connectivity index (χ3n) is 6.04. The van der Waals surface area contributed by atoms with E-state index in [4.69, 9.17) is 14.1 Å². The van der Waals surface area contributed by atoms with Gasteiger partial charge in [0.05, 0.1) is 18.5 Å². The number of aromatic nitrogens is 1. The Morgan fingerprint density at radius 3 is 2.97 bits per heavy atom. The number of H-pyrrole nitrogens is 1. The Morgan fingerprint density at radius 2 is 2.17 bits per heavy atom. The van der Waals surface area contributed by atoms with Crippen molar-refractivity contribution >= 4 is 11.8 Å². The smallest absolute Gasteiger partial charge is 0.171 e. The first-order valence-electron chi connectivity index (χ1n) is 11.1. The monoisotopic (exact) mass is 392 g/mol. The number of hydrogen-bond donors (Lipinski definition) is 1. The van der Waals surface area contributed by atoms with Crippen LogP contribution in [0.15, 0.2) is 51.2 Å². The maximum absolute atomic E-state index is 6.16. The summed E-state index contributed by atoms with van der Waals surface area (Å²) in [7, 11) is 1.69. The van der Waals surface area contributed by atoms with Gasteiger partial charge in [0.1, 0.15) is 0 Å². The van der Waals surface area contributed by atoms with E-state index in [-0.39, 0.29) is 0 Å². The Balaban J connectivity index is 1.68. The first kappa shape index (κ1) is 19.8. The first-order valence-corrected chi connectivity index (χ1v) is 11.1. The van der Waals surface area contributed by atoms with E-state index in [1.54, 1.807) is 7.11 Å². The third-order valence-corrected chi connectivity index (χ3v) is 6.04. The lowest BCUT2D eigenvalue weighted by molar-refractivity contribution is 0.404. The number of hydrogen-bond acceptors (Lipinski definition) is 3. The predicted molar refractivity (Wildman–Crippen MR) is 119 cm³/mol. The molecule has 1 N–H and O–H groups in total. The second-order valence-electron chi connectivity index (χ2n) is 8.15. The summed E-state index contributed by atoms with van der Waals surface area (Å²) in [6, 6.07) is 5.92. The minimum atomic E-state index is 0.587. The van der Waals surface area contributed by atoms with Crippen LogP contribution < -0.4 is 4.74 Å². The summed E-state index contributed by atoms with van der Waals surface area (Å²) < 4.78 is 11.8. The highest BCUT2D eigenvalue weighted by molar-refractivity contribution is 6.00. The molecule has 2 aliphatic rings. The summed E-state index contributed by atoms with van der Waals surface area (Å²) >= 11 is 0. The lowest BCUT2D eigenvalue weighted by Gasteiger charge is -2.19. The van der Waals surface area contributed by atoms with Crippen LogP contribution in [0.25, 0.3) is 17.5 Å². The minimum Gasteiger partial charge on any atom is -0.493 e. The van der Waals surface area contributed by atoms with E-state index in [2.05, 4.69) is 24.1 Å². The summed E-state index contributed by atoms with van der Waals surface area (Å²) in [6.45, 7) is 2.28. The number of allylic oxidation sites excluding steroid dienone is 2. The van der Waals surface area contributed by atoms with E-state index in [1.165, 1.54) is 62.7 Å². The molecule has 2 aromatic heterocycles. The van der Waals surface area contributed by atoms with E-state index in [0.29, 0.717) is 5.92 Å². The molecule has 1 atom stereocenters. The molecule has 0 radical (unpaired) electrons. The quantitative estimate of drug-likeness (QED) is 0.566. The van der Waals surface area contributed by atoms with Crippen molar-refractivity contribution in [2.75, 3.05) is 7.11 Å². The SMILES string of the molecule is CCCCC1CCCCCCC2=N/C(=C/c3oc(-c4ccc[nH]4)cc3OC)C1=C2. The summed E-state index contributed by atoms with van der Waals surface area (Å²) in [5, 5.41) is 0. The molecule has 1 unspecified atom stereocenters. The molecule has 0 saturated carbocycles. The molecule has 0 fully saturated rings. The van der Waals surface area contributed by atoms with E-state index in [9.17, 15) is 0 Å². The molecule has 0 saturated heterocycles. The van der Waals surface area contributed by atoms with Crippen LogP contribution in [0.2, 0.25) is 0 Å². The van der Waals surface area contributed by atoms with E-state index in [0.717, 1.165) is 35.1 Å². The number of methoxy groups -OCH3 is 1. The Morgan fingerprint density at radius 1 is 1.28 bits per heavy atom. The van der Waals surface area contributed by atoms with Gasteiger partial charge in [0.15, 0.2) is 17.3 Å². The summed E-state index contributed by atoms with van der Waals surface area (Å²) in [6.07, 6.45) is 17.6. The molecule has 4 nitrogen and oxygen atoms in total. The van der Waals surface area contributed by atoms with Gasteiger partial charge in [-0.3, -0.25) is 4.99 Å². The van der Waals surface area contributed by atoms with Gasteiger partial charge in [-0.05, 0) is 55.4 Å². The van der Waals surface area contributed by atoms with Crippen molar-refractivity contribution in [1.29, 1.82) is 0 Å². The van der Waals surface area contributed by atoms with Crippen LogP contribution in [0, 0.1) is 5.92 Å². The third kappa shape index (κ3) is 4.58. The highest BCUT2D eigenvalue weighted by Gasteiger charge is 2.24. The standard InChI is InChI=1S/C25H32N2O2/c1-3-4-10-18-11-7-5-6-8-12-19-15-20(18)22(27-19)16-25-24(28-2)17-23(29-25)21-13-9-14-26-21/h9,13-18,26H,3-8,10-12H2,1-2H3/b22-16+. The fourth-order valence-corrected chi connectivity index (χ4v) is 4.42. The predicted octanol–water partition coefficient (Wildman–Crippen LogP) is 7.17. The van der Waals surface area contributed by atoms with Crippen molar-refractivity contribution in [3.8, 4) is 17.2 Å². The maximum atomic E-state index is 6.16. The summed E-state index contributed by atoms with van der Waals surface area (Å²) in [5.41, 5.74) is 4.64. The Hall–Kier alpha value is -2.49. The molecular weight excluding hydrogens is 360 g/mol. The van der Waals surface area contributed by atoms with Crippen LogP contribution >= 0.6 is 0 Å². The van der Waals surface area contributed by atoms with Crippen LogP contribution in [0.4, 0.5) is 0 Å². The molecule has 4 rings (SSSR count).